The van der Waals surface area contributed by atoms with Gasteiger partial charge in [-0.1, -0.05) is 17.5 Å². The number of unbranched alkanes of at least 4 members (excludes halogenated alkanes) is 1. The fourth-order valence-corrected chi connectivity index (χ4v) is 3.06. The molecule has 0 aliphatic rings. The number of ether oxygens (including phenoxy) is 2. The molecule has 1 aromatic heterocycles. The lowest BCUT2D eigenvalue weighted by molar-refractivity contribution is -0.133. The molecule has 8 heteroatoms. The molecule has 3 aromatic rings. The van der Waals surface area contributed by atoms with Crippen LogP contribution in [-0.2, 0) is 16.0 Å². The summed E-state index contributed by atoms with van der Waals surface area (Å²) >= 11 is 5.87. The molecule has 3 rings (SSSR count). The van der Waals surface area contributed by atoms with Gasteiger partial charge in [-0.15, -0.1) is 0 Å². The fourth-order valence-electron chi connectivity index (χ4n) is 2.88. The van der Waals surface area contributed by atoms with Gasteiger partial charge in [0.25, 0.3) is 0 Å². The topological polar surface area (TPSA) is 73.3 Å². The van der Waals surface area contributed by atoms with Gasteiger partial charge < -0.3 is 14.8 Å². The number of methoxy groups -OCH3 is 2. The van der Waals surface area contributed by atoms with Crippen molar-refractivity contribution >= 4 is 40.0 Å². The van der Waals surface area contributed by atoms with Gasteiger partial charge in [0.2, 0.25) is 0 Å². The van der Waals surface area contributed by atoms with Crippen LogP contribution in [0.15, 0.2) is 36.7 Å². The summed E-state index contributed by atoms with van der Waals surface area (Å²) in [5, 5.41) is 3.97. The normalized spacial score (nSPS) is 10.3. The average molecular weight is 428 g/mol. The van der Waals surface area contributed by atoms with Crippen LogP contribution >= 0.6 is 11.6 Å². The summed E-state index contributed by atoms with van der Waals surface area (Å²) in [5.74, 6) is 5.44. The number of aryl methyl sites for hydroxylation is 1. The second kappa shape index (κ2) is 9.90. The van der Waals surface area contributed by atoms with Crippen LogP contribution in [0.4, 0.5) is 15.9 Å². The number of fused-ring (bicyclic) bond motifs is 1. The van der Waals surface area contributed by atoms with Gasteiger partial charge >= 0.3 is 5.97 Å². The minimum Gasteiger partial charge on any atom is -0.496 e. The maximum atomic E-state index is 13.4. The van der Waals surface area contributed by atoms with Crippen LogP contribution in [0.5, 0.6) is 5.75 Å². The van der Waals surface area contributed by atoms with Gasteiger partial charge in [0, 0.05) is 29.5 Å². The molecule has 0 saturated heterocycles. The highest BCUT2D eigenvalue weighted by Gasteiger charge is 2.11. The zero-order chi connectivity index (χ0) is 21.5. The number of halogens is 2. The van der Waals surface area contributed by atoms with Gasteiger partial charge in [0.15, 0.2) is 0 Å². The summed E-state index contributed by atoms with van der Waals surface area (Å²) in [5.41, 5.74) is 2.27. The first kappa shape index (κ1) is 21.3. The van der Waals surface area contributed by atoms with Crippen molar-refractivity contribution in [2.24, 2.45) is 0 Å². The van der Waals surface area contributed by atoms with E-state index in [2.05, 4.69) is 31.9 Å². The number of nitrogens with zero attached hydrogens (tertiary/aromatic N) is 2. The predicted octanol–water partition coefficient (Wildman–Crippen LogP) is 4.67. The van der Waals surface area contributed by atoms with Crippen molar-refractivity contribution in [3.8, 4) is 17.6 Å². The van der Waals surface area contributed by atoms with Crippen molar-refractivity contribution < 1.29 is 18.7 Å². The molecular formula is C22H19ClFN3O3. The maximum absolute atomic E-state index is 13.4. The summed E-state index contributed by atoms with van der Waals surface area (Å²) in [4.78, 5) is 19.7. The number of benzene rings is 2. The van der Waals surface area contributed by atoms with Crippen LogP contribution in [0.1, 0.15) is 18.4 Å². The monoisotopic (exact) mass is 427 g/mol. The molecule has 0 bridgehead atoms. The SMILES string of the molecule is COC(=O)C#CCCCc1cc2c(Nc3ccc(F)c(Cl)c3)ncnc2cc1OC. The Labute approximate surface area is 178 Å². The van der Waals surface area contributed by atoms with Crippen molar-refractivity contribution in [3.05, 3.63) is 53.1 Å². The molecule has 0 aliphatic heterocycles. The van der Waals surface area contributed by atoms with Gasteiger partial charge in [-0.2, -0.15) is 0 Å². The molecule has 0 atom stereocenters. The predicted molar refractivity (Wildman–Crippen MR) is 114 cm³/mol. The summed E-state index contributed by atoms with van der Waals surface area (Å²) in [6, 6.07) is 8.16. The number of carbonyl (C=O) groups excluding carboxylic acids is 1. The molecule has 0 unspecified atom stereocenters. The van der Waals surface area contributed by atoms with Gasteiger partial charge in [0.05, 0.1) is 24.8 Å². The molecule has 30 heavy (non-hydrogen) atoms. The first-order chi connectivity index (χ1) is 14.5. The third kappa shape index (κ3) is 5.16. The third-order valence-corrected chi connectivity index (χ3v) is 4.63. The van der Waals surface area contributed by atoms with E-state index >= 15 is 0 Å². The Morgan fingerprint density at radius 1 is 1.23 bits per heavy atom. The fraction of sp³-hybridized carbons (Fsp3) is 0.227. The van der Waals surface area contributed by atoms with Crippen molar-refractivity contribution in [1.82, 2.24) is 9.97 Å². The highest BCUT2D eigenvalue weighted by molar-refractivity contribution is 6.31. The lowest BCUT2D eigenvalue weighted by atomic mass is 10.0. The van der Waals surface area contributed by atoms with Gasteiger partial charge in [-0.05, 0) is 42.7 Å². The number of nitrogens with one attached hydrogen (secondary N) is 1. The molecule has 1 N–H and O–H groups in total. The Bertz CT molecular complexity index is 1140. The molecule has 0 amide bonds. The zero-order valence-electron chi connectivity index (χ0n) is 16.5. The molecule has 2 aromatic carbocycles. The minimum atomic E-state index is -0.549. The van der Waals surface area contributed by atoms with E-state index in [1.165, 1.54) is 25.6 Å². The molecule has 0 spiro atoms. The lowest BCUT2D eigenvalue weighted by Crippen LogP contribution is -1.99. The second-order valence-electron chi connectivity index (χ2n) is 6.30. The van der Waals surface area contributed by atoms with Crippen molar-refractivity contribution in [1.29, 1.82) is 0 Å². The molecule has 1 heterocycles. The number of carbonyl (C=O) groups is 1. The quantitative estimate of drug-likeness (QED) is 0.266. The lowest BCUT2D eigenvalue weighted by Gasteiger charge is -2.13. The summed E-state index contributed by atoms with van der Waals surface area (Å²) in [7, 11) is 2.90. The van der Waals surface area contributed by atoms with Crippen LogP contribution in [0, 0.1) is 17.7 Å². The Morgan fingerprint density at radius 3 is 2.80 bits per heavy atom. The standard InChI is InChI=1S/C22H19ClFN3O3/c1-29-20-12-19-16(10-14(20)6-4-3-5-7-21(28)30-2)22(26-13-25-19)27-15-8-9-18(24)17(23)11-15/h8-13H,3-4,6H2,1-2H3,(H,25,26,27). The van der Waals surface area contributed by atoms with E-state index in [9.17, 15) is 9.18 Å². The number of esters is 1. The smallest absolute Gasteiger partial charge is 0.384 e. The molecule has 6 nitrogen and oxygen atoms in total. The number of hydrogen-bond donors (Lipinski definition) is 1. The molecular weight excluding hydrogens is 409 g/mol. The molecule has 0 saturated carbocycles. The highest BCUT2D eigenvalue weighted by Crippen LogP contribution is 2.31. The van der Waals surface area contributed by atoms with Gasteiger partial charge in [0.1, 0.15) is 23.7 Å². The third-order valence-electron chi connectivity index (χ3n) is 4.34. The van der Waals surface area contributed by atoms with Crippen molar-refractivity contribution in [3.63, 3.8) is 0 Å². The number of aromatic nitrogens is 2. The van der Waals surface area contributed by atoms with E-state index in [4.69, 9.17) is 16.3 Å². The Hall–Kier alpha value is -3.37. The molecule has 0 fully saturated rings. The first-order valence-corrected chi connectivity index (χ1v) is 9.50. The van der Waals surface area contributed by atoms with Crippen molar-refractivity contribution in [2.45, 2.75) is 19.3 Å². The number of rotatable bonds is 6. The largest absolute Gasteiger partial charge is 0.496 e. The van der Waals surface area contributed by atoms with Crippen LogP contribution < -0.4 is 10.1 Å². The Balaban J connectivity index is 1.86. The van der Waals surface area contributed by atoms with Crippen molar-refractivity contribution in [2.75, 3.05) is 19.5 Å². The average Bonchev–Trinajstić information content (AvgIpc) is 2.75. The first-order valence-electron chi connectivity index (χ1n) is 9.12. The summed E-state index contributed by atoms with van der Waals surface area (Å²) in [6.07, 6.45) is 3.40. The van der Waals surface area contributed by atoms with E-state index in [0.717, 1.165) is 17.4 Å². The minimum absolute atomic E-state index is 0.0220. The summed E-state index contributed by atoms with van der Waals surface area (Å²) in [6.45, 7) is 0. The van der Waals surface area contributed by atoms with Gasteiger partial charge in [-0.25, -0.2) is 19.2 Å². The zero-order valence-corrected chi connectivity index (χ0v) is 17.2. The van der Waals surface area contributed by atoms with Crippen LogP contribution in [-0.4, -0.2) is 30.2 Å². The highest BCUT2D eigenvalue weighted by atomic mass is 35.5. The molecule has 0 aliphatic carbocycles. The van der Waals surface area contributed by atoms with E-state index in [-0.39, 0.29) is 5.02 Å². The summed E-state index contributed by atoms with van der Waals surface area (Å²) < 4.78 is 23.4. The number of hydrogen-bond acceptors (Lipinski definition) is 6. The Kier molecular flexibility index (Phi) is 7.04. The van der Waals surface area contributed by atoms with E-state index in [0.29, 0.717) is 35.6 Å². The van der Waals surface area contributed by atoms with Gasteiger partial charge in [-0.3, -0.25) is 0 Å². The van der Waals surface area contributed by atoms with E-state index in [1.807, 2.05) is 12.1 Å². The molecule has 0 radical (unpaired) electrons. The van der Waals surface area contributed by atoms with E-state index in [1.54, 1.807) is 13.2 Å². The van der Waals surface area contributed by atoms with Crippen LogP contribution in [0.2, 0.25) is 5.02 Å². The molecule has 154 valence electrons. The Morgan fingerprint density at radius 2 is 2.07 bits per heavy atom. The van der Waals surface area contributed by atoms with Crippen LogP contribution in [0.3, 0.4) is 0 Å². The number of anilines is 2. The maximum Gasteiger partial charge on any atom is 0.384 e. The second-order valence-corrected chi connectivity index (χ2v) is 6.71. The van der Waals surface area contributed by atoms with Crippen LogP contribution in [0.25, 0.3) is 10.9 Å². The van der Waals surface area contributed by atoms with E-state index < -0.39 is 11.8 Å².